The van der Waals surface area contributed by atoms with E-state index in [9.17, 15) is 4.79 Å². The number of hydrogen-bond donors (Lipinski definition) is 2. The van der Waals surface area contributed by atoms with Crippen molar-refractivity contribution in [1.29, 1.82) is 0 Å². The van der Waals surface area contributed by atoms with Gasteiger partial charge in [0, 0.05) is 28.1 Å². The third-order valence-corrected chi connectivity index (χ3v) is 5.01. The number of anilines is 1. The molecule has 2 fully saturated rings. The van der Waals surface area contributed by atoms with E-state index < -0.39 is 0 Å². The van der Waals surface area contributed by atoms with Gasteiger partial charge in [0.2, 0.25) is 5.91 Å². The fourth-order valence-corrected chi connectivity index (χ4v) is 3.92. The van der Waals surface area contributed by atoms with Crippen molar-refractivity contribution in [1.82, 2.24) is 10.3 Å². The van der Waals surface area contributed by atoms with Gasteiger partial charge in [0.1, 0.15) is 0 Å². The van der Waals surface area contributed by atoms with E-state index in [0.717, 1.165) is 33.9 Å². The van der Waals surface area contributed by atoms with Crippen LogP contribution in [-0.2, 0) is 4.79 Å². The van der Waals surface area contributed by atoms with E-state index in [1.54, 1.807) is 6.20 Å². The second kappa shape index (κ2) is 5.07. The minimum atomic E-state index is 0.0921. The summed E-state index contributed by atoms with van der Waals surface area (Å²) in [6.07, 6.45) is 5.04. The Morgan fingerprint density at radius 2 is 2.29 bits per heavy atom. The molecule has 1 aromatic carbocycles. The lowest BCUT2D eigenvalue weighted by atomic mass is 9.88. The molecule has 1 aromatic heterocycles. The predicted molar refractivity (Wildman–Crippen MR) is 86.1 cm³/mol. The molecule has 1 amide bonds. The number of fused-ring (bicyclic) bond motifs is 3. The lowest BCUT2D eigenvalue weighted by molar-refractivity contribution is -0.120. The molecule has 108 valence electrons. The number of nitrogens with one attached hydrogen (secondary N) is 2. The fraction of sp³-hybridized carbons (Fsp3) is 0.375. The van der Waals surface area contributed by atoms with Gasteiger partial charge in [-0.3, -0.25) is 9.78 Å². The minimum Gasteiger partial charge on any atom is -0.324 e. The molecule has 3 atom stereocenters. The van der Waals surface area contributed by atoms with E-state index in [1.807, 2.05) is 24.3 Å². The van der Waals surface area contributed by atoms with Gasteiger partial charge in [-0.25, -0.2) is 0 Å². The van der Waals surface area contributed by atoms with E-state index in [4.69, 9.17) is 0 Å². The van der Waals surface area contributed by atoms with E-state index >= 15 is 0 Å². The molecule has 0 aliphatic carbocycles. The summed E-state index contributed by atoms with van der Waals surface area (Å²) >= 11 is 3.43. The summed E-state index contributed by atoms with van der Waals surface area (Å²) in [6, 6.07) is 8.77. The van der Waals surface area contributed by atoms with Crippen molar-refractivity contribution in [3.05, 3.63) is 34.9 Å². The van der Waals surface area contributed by atoms with Gasteiger partial charge in [-0.15, -0.1) is 0 Å². The molecule has 2 saturated heterocycles. The van der Waals surface area contributed by atoms with E-state index in [1.165, 1.54) is 6.42 Å². The second-order valence-corrected chi connectivity index (χ2v) is 6.83. The van der Waals surface area contributed by atoms with Crippen molar-refractivity contribution in [2.24, 2.45) is 5.92 Å². The third kappa shape index (κ3) is 2.34. The molecular weight excluding hydrogens is 330 g/mol. The standard InChI is InChI=1S/C16H16BrN3O/c17-10-6-9-2-1-3-14(15(9)18-8-10)20-16(21)12-7-11-4-5-13(12)19-11/h1-3,6,8,11-13,19H,4-5,7H2,(H,20,21). The van der Waals surface area contributed by atoms with Crippen LogP contribution in [0.5, 0.6) is 0 Å². The molecule has 2 N–H and O–H groups in total. The van der Waals surface area contributed by atoms with Crippen LogP contribution in [0.25, 0.3) is 10.9 Å². The zero-order valence-corrected chi connectivity index (χ0v) is 13.1. The average molecular weight is 346 g/mol. The van der Waals surface area contributed by atoms with Crippen molar-refractivity contribution < 1.29 is 4.79 Å². The van der Waals surface area contributed by atoms with Crippen LogP contribution >= 0.6 is 15.9 Å². The maximum atomic E-state index is 12.5. The van der Waals surface area contributed by atoms with Crippen LogP contribution in [0.1, 0.15) is 19.3 Å². The average Bonchev–Trinajstić information content (AvgIpc) is 3.10. The zero-order valence-electron chi connectivity index (χ0n) is 11.5. The third-order valence-electron chi connectivity index (χ3n) is 4.57. The Balaban J connectivity index is 1.61. The highest BCUT2D eigenvalue weighted by atomic mass is 79.9. The minimum absolute atomic E-state index is 0.0921. The van der Waals surface area contributed by atoms with Crippen molar-refractivity contribution in [3.63, 3.8) is 0 Å². The molecule has 2 aliphatic heterocycles. The number of halogens is 1. The van der Waals surface area contributed by atoms with Gasteiger partial charge >= 0.3 is 0 Å². The number of pyridine rings is 1. The quantitative estimate of drug-likeness (QED) is 0.879. The fourth-order valence-electron chi connectivity index (χ4n) is 3.57. The summed E-state index contributed by atoms with van der Waals surface area (Å²) in [7, 11) is 0. The Morgan fingerprint density at radius 3 is 3.05 bits per heavy atom. The first-order chi connectivity index (χ1) is 10.2. The van der Waals surface area contributed by atoms with Gasteiger partial charge in [0.25, 0.3) is 0 Å². The van der Waals surface area contributed by atoms with Crippen LogP contribution in [0.4, 0.5) is 5.69 Å². The van der Waals surface area contributed by atoms with E-state index in [-0.39, 0.29) is 11.8 Å². The summed E-state index contributed by atoms with van der Waals surface area (Å²) in [5.41, 5.74) is 1.64. The summed E-state index contributed by atoms with van der Waals surface area (Å²) in [5.74, 6) is 0.210. The Kier molecular flexibility index (Phi) is 3.19. The number of carbonyl (C=O) groups excluding carboxylic acids is 1. The highest BCUT2D eigenvalue weighted by Gasteiger charge is 2.42. The van der Waals surface area contributed by atoms with Crippen LogP contribution < -0.4 is 10.6 Å². The van der Waals surface area contributed by atoms with Crippen LogP contribution in [0.3, 0.4) is 0 Å². The number of amides is 1. The van der Waals surface area contributed by atoms with Crippen molar-refractivity contribution in [2.45, 2.75) is 31.3 Å². The normalized spacial score (nSPS) is 27.2. The Hall–Kier alpha value is -1.46. The van der Waals surface area contributed by atoms with Gasteiger partial charge < -0.3 is 10.6 Å². The molecule has 0 spiro atoms. The number of nitrogens with zero attached hydrogens (tertiary/aromatic N) is 1. The number of carbonyl (C=O) groups is 1. The first kappa shape index (κ1) is 13.2. The van der Waals surface area contributed by atoms with Crippen LogP contribution in [0.15, 0.2) is 34.9 Å². The lowest BCUT2D eigenvalue weighted by Gasteiger charge is -2.19. The summed E-state index contributed by atoms with van der Waals surface area (Å²) in [5, 5.41) is 7.60. The highest BCUT2D eigenvalue weighted by Crippen LogP contribution is 2.34. The molecule has 2 bridgehead atoms. The van der Waals surface area contributed by atoms with Gasteiger partial charge in [0.05, 0.1) is 17.1 Å². The number of aromatic nitrogens is 1. The molecule has 4 nitrogen and oxygen atoms in total. The molecule has 2 aromatic rings. The van der Waals surface area contributed by atoms with Gasteiger partial charge in [-0.05, 0) is 47.3 Å². The number of benzene rings is 1. The van der Waals surface area contributed by atoms with Crippen molar-refractivity contribution in [3.8, 4) is 0 Å². The Labute approximate surface area is 131 Å². The summed E-state index contributed by atoms with van der Waals surface area (Å²) < 4.78 is 0.941. The SMILES string of the molecule is O=C(Nc1cccc2cc(Br)cnc12)C1CC2CCC1N2. The van der Waals surface area contributed by atoms with Gasteiger partial charge in [-0.1, -0.05) is 12.1 Å². The smallest absolute Gasteiger partial charge is 0.229 e. The molecule has 3 unspecified atom stereocenters. The van der Waals surface area contributed by atoms with Crippen LogP contribution in [-0.4, -0.2) is 23.0 Å². The molecule has 21 heavy (non-hydrogen) atoms. The number of hydrogen-bond acceptors (Lipinski definition) is 3. The maximum absolute atomic E-state index is 12.5. The molecule has 5 heteroatoms. The predicted octanol–water partition coefficient (Wildman–Crippen LogP) is 3.08. The summed E-state index contributed by atoms with van der Waals surface area (Å²) in [4.78, 5) is 17.0. The summed E-state index contributed by atoms with van der Waals surface area (Å²) in [6.45, 7) is 0. The lowest BCUT2D eigenvalue weighted by Crippen LogP contribution is -2.32. The van der Waals surface area contributed by atoms with Gasteiger partial charge in [0.15, 0.2) is 0 Å². The maximum Gasteiger partial charge on any atom is 0.229 e. The first-order valence-corrected chi connectivity index (χ1v) is 8.11. The monoisotopic (exact) mass is 345 g/mol. The molecule has 3 heterocycles. The van der Waals surface area contributed by atoms with Gasteiger partial charge in [-0.2, -0.15) is 0 Å². The van der Waals surface area contributed by atoms with E-state index in [0.29, 0.717) is 12.1 Å². The van der Waals surface area contributed by atoms with Crippen molar-refractivity contribution in [2.75, 3.05) is 5.32 Å². The molecule has 0 radical (unpaired) electrons. The zero-order chi connectivity index (χ0) is 14.4. The molecule has 4 rings (SSSR count). The second-order valence-electron chi connectivity index (χ2n) is 5.91. The molecule has 0 saturated carbocycles. The Morgan fingerprint density at radius 1 is 1.38 bits per heavy atom. The largest absolute Gasteiger partial charge is 0.324 e. The molecule has 2 aliphatic rings. The topological polar surface area (TPSA) is 54.0 Å². The first-order valence-electron chi connectivity index (χ1n) is 7.32. The van der Waals surface area contributed by atoms with Crippen LogP contribution in [0.2, 0.25) is 0 Å². The van der Waals surface area contributed by atoms with Crippen molar-refractivity contribution >= 4 is 38.4 Å². The Bertz CT molecular complexity index is 718. The van der Waals surface area contributed by atoms with E-state index in [2.05, 4.69) is 31.5 Å². The number of rotatable bonds is 2. The molecular formula is C16H16BrN3O. The number of para-hydroxylation sites is 1. The van der Waals surface area contributed by atoms with Crippen LogP contribution in [0, 0.1) is 5.92 Å². The highest BCUT2D eigenvalue weighted by molar-refractivity contribution is 9.10.